The van der Waals surface area contributed by atoms with Crippen LogP contribution in [0.2, 0.25) is 0 Å². The normalized spacial score (nSPS) is 33.9. The zero-order chi connectivity index (χ0) is 23.2. The van der Waals surface area contributed by atoms with E-state index in [0.717, 1.165) is 62.6 Å². The van der Waals surface area contributed by atoms with Gasteiger partial charge in [-0.15, -0.1) is 0 Å². The molecule has 4 atom stereocenters. The largest absolute Gasteiger partial charge is 0.350 e. The van der Waals surface area contributed by atoms with Gasteiger partial charge < -0.3 is 5.32 Å². The van der Waals surface area contributed by atoms with Gasteiger partial charge in [0.05, 0.1) is 18.0 Å². The fraction of sp³-hybridized carbons (Fsp3) is 0.533. The molecule has 4 heteroatoms. The van der Waals surface area contributed by atoms with Crippen LogP contribution in [0.4, 0.5) is 0 Å². The molecule has 5 aliphatic rings. The maximum Gasteiger partial charge on any atom is 0.234 e. The van der Waals surface area contributed by atoms with E-state index in [2.05, 4.69) is 58.8 Å². The SMILES string of the molecule is N#CC1(c2ccccc2)CCN(CC(=O)NC23C[C@H]4C[C@@H](C2)CC(c2ccccc2)(C4)C3)CC1. The smallest absolute Gasteiger partial charge is 0.234 e. The van der Waals surface area contributed by atoms with E-state index in [0.29, 0.717) is 6.54 Å². The number of carbonyl (C=O) groups excluding carboxylic acids is 1. The fourth-order valence-corrected chi connectivity index (χ4v) is 8.39. The maximum atomic E-state index is 13.3. The Hall–Kier alpha value is -2.64. The summed E-state index contributed by atoms with van der Waals surface area (Å²) in [5, 5.41) is 13.6. The van der Waals surface area contributed by atoms with Crippen molar-refractivity contribution in [3.63, 3.8) is 0 Å². The Morgan fingerprint density at radius 3 is 2.09 bits per heavy atom. The third-order valence-electron chi connectivity index (χ3n) is 9.47. The number of benzene rings is 2. The van der Waals surface area contributed by atoms with Crippen molar-refractivity contribution in [3.05, 3.63) is 71.8 Å². The zero-order valence-electron chi connectivity index (χ0n) is 20.0. The number of hydrogen-bond acceptors (Lipinski definition) is 3. The van der Waals surface area contributed by atoms with Crippen LogP contribution >= 0.6 is 0 Å². The molecule has 34 heavy (non-hydrogen) atoms. The van der Waals surface area contributed by atoms with Crippen molar-refractivity contribution in [2.24, 2.45) is 11.8 Å². The lowest BCUT2D eigenvalue weighted by atomic mass is 9.45. The molecular formula is C30H35N3O. The van der Waals surface area contributed by atoms with Crippen LogP contribution in [0.15, 0.2) is 60.7 Å². The molecule has 7 rings (SSSR count). The van der Waals surface area contributed by atoms with Gasteiger partial charge in [0.15, 0.2) is 0 Å². The first-order chi connectivity index (χ1) is 16.5. The van der Waals surface area contributed by atoms with Gasteiger partial charge in [-0.05, 0) is 79.7 Å². The van der Waals surface area contributed by atoms with E-state index in [4.69, 9.17) is 0 Å². The van der Waals surface area contributed by atoms with E-state index in [1.807, 2.05) is 18.2 Å². The molecule has 4 nitrogen and oxygen atoms in total. The predicted octanol–water partition coefficient (Wildman–Crippen LogP) is 4.95. The van der Waals surface area contributed by atoms with Crippen molar-refractivity contribution < 1.29 is 4.79 Å². The molecule has 1 heterocycles. The quantitative estimate of drug-likeness (QED) is 0.697. The molecule has 4 aliphatic carbocycles. The predicted molar refractivity (Wildman–Crippen MR) is 133 cm³/mol. The second-order valence-electron chi connectivity index (χ2n) is 11.8. The minimum absolute atomic E-state index is 0.0345. The maximum absolute atomic E-state index is 13.3. The molecule has 1 N–H and O–H groups in total. The van der Waals surface area contributed by atoms with Crippen molar-refractivity contribution in [1.29, 1.82) is 5.26 Å². The van der Waals surface area contributed by atoms with Crippen LogP contribution < -0.4 is 5.32 Å². The number of piperidine rings is 1. The summed E-state index contributed by atoms with van der Waals surface area (Å²) in [5.74, 6) is 1.65. The molecule has 0 aromatic heterocycles. The second-order valence-corrected chi connectivity index (χ2v) is 11.8. The molecule has 5 fully saturated rings. The summed E-state index contributed by atoms with van der Waals surface area (Å²) in [6, 6.07) is 23.9. The molecule has 1 saturated heterocycles. The second kappa shape index (κ2) is 8.24. The third kappa shape index (κ3) is 3.75. The summed E-state index contributed by atoms with van der Waals surface area (Å²) in [4.78, 5) is 15.6. The molecule has 2 aromatic carbocycles. The van der Waals surface area contributed by atoms with Crippen LogP contribution in [0.1, 0.15) is 62.5 Å². The van der Waals surface area contributed by atoms with Crippen molar-refractivity contribution >= 4 is 5.91 Å². The summed E-state index contributed by atoms with van der Waals surface area (Å²) in [6.45, 7) is 2.04. The number of amides is 1. The van der Waals surface area contributed by atoms with Gasteiger partial charge in [-0.2, -0.15) is 5.26 Å². The highest BCUT2D eigenvalue weighted by atomic mass is 16.2. The van der Waals surface area contributed by atoms with Crippen LogP contribution in [0.3, 0.4) is 0 Å². The van der Waals surface area contributed by atoms with Crippen molar-refractivity contribution in [1.82, 2.24) is 10.2 Å². The van der Waals surface area contributed by atoms with E-state index < -0.39 is 5.41 Å². The van der Waals surface area contributed by atoms with Gasteiger partial charge in [-0.3, -0.25) is 9.69 Å². The molecule has 1 amide bonds. The van der Waals surface area contributed by atoms with E-state index >= 15 is 0 Å². The first-order valence-corrected chi connectivity index (χ1v) is 13.1. The van der Waals surface area contributed by atoms with E-state index in [9.17, 15) is 10.1 Å². The van der Waals surface area contributed by atoms with Gasteiger partial charge in [0.25, 0.3) is 0 Å². The van der Waals surface area contributed by atoms with Gasteiger partial charge in [-0.1, -0.05) is 60.7 Å². The van der Waals surface area contributed by atoms with Crippen molar-refractivity contribution in [2.45, 2.75) is 67.7 Å². The number of nitriles is 1. The molecule has 0 radical (unpaired) electrons. The minimum atomic E-state index is -0.420. The van der Waals surface area contributed by atoms with Crippen LogP contribution in [-0.2, 0) is 15.6 Å². The molecular weight excluding hydrogens is 418 g/mol. The Morgan fingerprint density at radius 1 is 0.912 bits per heavy atom. The van der Waals surface area contributed by atoms with Gasteiger partial charge >= 0.3 is 0 Å². The molecule has 176 valence electrons. The molecule has 4 bridgehead atoms. The highest BCUT2D eigenvalue weighted by Gasteiger charge is 2.58. The number of likely N-dealkylation sites (tertiary alicyclic amines) is 1. The van der Waals surface area contributed by atoms with E-state index in [1.54, 1.807) is 0 Å². The molecule has 0 spiro atoms. The van der Waals surface area contributed by atoms with Crippen molar-refractivity contribution in [3.8, 4) is 6.07 Å². The minimum Gasteiger partial charge on any atom is -0.350 e. The Labute approximate surface area is 203 Å². The van der Waals surface area contributed by atoms with E-state index in [1.165, 1.54) is 24.8 Å². The molecule has 1 aliphatic heterocycles. The third-order valence-corrected chi connectivity index (χ3v) is 9.47. The number of nitrogens with zero attached hydrogens (tertiary/aromatic N) is 2. The summed E-state index contributed by atoms with van der Waals surface area (Å²) in [7, 11) is 0. The summed E-state index contributed by atoms with van der Waals surface area (Å²) in [5.41, 5.74) is 2.38. The van der Waals surface area contributed by atoms with Gasteiger partial charge in [0, 0.05) is 18.6 Å². The lowest BCUT2D eigenvalue weighted by Crippen LogP contribution is -2.65. The van der Waals surface area contributed by atoms with Crippen LogP contribution in [-0.4, -0.2) is 36.0 Å². The lowest BCUT2D eigenvalue weighted by Gasteiger charge is -2.62. The number of rotatable bonds is 5. The number of nitrogens with one attached hydrogen (secondary N) is 1. The highest BCUT2D eigenvalue weighted by molar-refractivity contribution is 5.79. The molecule has 2 unspecified atom stereocenters. The van der Waals surface area contributed by atoms with Gasteiger partial charge in [-0.25, -0.2) is 0 Å². The number of carbonyl (C=O) groups is 1. The standard InChI is InChI=1S/C30H35N3O/c31-22-28(25-7-3-1-4-8-25)11-13-33(14-12-28)20-27(34)32-30-18-23-15-24(19-30)17-29(16-23,21-30)26-9-5-2-6-10-26/h1-10,23-24H,11-21H2,(H,32,34)/t23-,24+,29?,30?. The number of hydrogen-bond donors (Lipinski definition) is 1. The monoisotopic (exact) mass is 453 g/mol. The Kier molecular flexibility index (Phi) is 5.30. The topological polar surface area (TPSA) is 56.1 Å². The van der Waals surface area contributed by atoms with Crippen LogP contribution in [0.25, 0.3) is 0 Å². The summed E-state index contributed by atoms with van der Waals surface area (Å²) in [6.07, 6.45) is 8.87. The highest BCUT2D eigenvalue weighted by Crippen LogP contribution is 2.62. The first kappa shape index (κ1) is 21.9. The van der Waals surface area contributed by atoms with Crippen molar-refractivity contribution in [2.75, 3.05) is 19.6 Å². The average Bonchev–Trinajstić information content (AvgIpc) is 2.84. The zero-order valence-corrected chi connectivity index (χ0v) is 20.0. The van der Waals surface area contributed by atoms with Gasteiger partial charge in [0.2, 0.25) is 5.91 Å². The lowest BCUT2D eigenvalue weighted by molar-refractivity contribution is -0.129. The van der Waals surface area contributed by atoms with E-state index in [-0.39, 0.29) is 16.9 Å². The van der Waals surface area contributed by atoms with Crippen LogP contribution in [0, 0.1) is 23.2 Å². The average molecular weight is 454 g/mol. The molecule has 4 saturated carbocycles. The summed E-state index contributed by atoms with van der Waals surface area (Å²) >= 11 is 0. The Morgan fingerprint density at radius 2 is 1.50 bits per heavy atom. The summed E-state index contributed by atoms with van der Waals surface area (Å²) < 4.78 is 0. The fourth-order valence-electron chi connectivity index (χ4n) is 8.39. The van der Waals surface area contributed by atoms with Crippen LogP contribution in [0.5, 0.6) is 0 Å². The van der Waals surface area contributed by atoms with Gasteiger partial charge in [0.1, 0.15) is 0 Å². The Balaban J connectivity index is 1.12. The molecule has 2 aromatic rings. The first-order valence-electron chi connectivity index (χ1n) is 13.1. The Bertz CT molecular complexity index is 1070.